The number of halogens is 3. The molecule has 0 unspecified atom stereocenters. The zero-order chi connectivity index (χ0) is 68.2. The molecule has 0 bridgehead atoms. The highest BCUT2D eigenvalue weighted by Crippen LogP contribution is 2.38. The molecule has 9 aromatic rings. The SMILES string of the molecule is C/C(=N\NC(=O)c1ccc(C(=O)O)cc1)c1nn(C)c(-c2ccc(C)cc2)c1O.C/C(=N\NC(=S)Nc1ccc(C(=O)O)cc1)c1nn(C)c(-c2cc(C)cc(C)c2)c1O.C/C(=N\NC(=S)Nc1ccc(C(=O)O)cc1)c1nn(C)c(-c2cccc(C(F)(F)F)c2)c1O. The molecule has 11 N–H and O–H groups in total. The fraction of sp³-hybridized carbons (Fsp3) is 0.156. The molecule has 6 aromatic carbocycles. The van der Waals surface area contributed by atoms with Gasteiger partial charge in [0.1, 0.15) is 17.1 Å². The fourth-order valence-corrected chi connectivity index (χ4v) is 9.33. The van der Waals surface area contributed by atoms with Gasteiger partial charge >= 0.3 is 24.1 Å². The van der Waals surface area contributed by atoms with Crippen molar-refractivity contribution in [3.8, 4) is 51.0 Å². The van der Waals surface area contributed by atoms with Crippen molar-refractivity contribution in [2.24, 2.45) is 36.4 Å². The first-order valence-corrected chi connectivity index (χ1v) is 28.4. The van der Waals surface area contributed by atoms with Crippen molar-refractivity contribution >= 4 is 87.0 Å². The van der Waals surface area contributed by atoms with Gasteiger partial charge in [-0.25, -0.2) is 19.8 Å². The van der Waals surface area contributed by atoms with E-state index >= 15 is 0 Å². The van der Waals surface area contributed by atoms with Gasteiger partial charge in [-0.15, -0.1) is 0 Å². The molecule has 0 aliphatic carbocycles. The summed E-state index contributed by atoms with van der Waals surface area (Å²) in [6, 6.07) is 35.8. The average Bonchev–Trinajstić information content (AvgIpc) is 1.71. The number of nitrogens with zero attached hydrogens (tertiary/aromatic N) is 9. The van der Waals surface area contributed by atoms with Crippen LogP contribution in [0.25, 0.3) is 33.8 Å². The summed E-state index contributed by atoms with van der Waals surface area (Å²) < 4.78 is 43.6. The minimum Gasteiger partial charge on any atom is -0.504 e. The number of benzene rings is 6. The summed E-state index contributed by atoms with van der Waals surface area (Å²) in [6.45, 7) is 10.9. The Labute approximate surface area is 540 Å². The molecule has 3 aromatic heterocycles. The van der Waals surface area contributed by atoms with Crippen LogP contribution in [-0.2, 0) is 27.3 Å². The van der Waals surface area contributed by atoms with E-state index in [1.165, 1.54) is 91.4 Å². The Balaban J connectivity index is 0.000000198. The van der Waals surface area contributed by atoms with Gasteiger partial charge in [-0.1, -0.05) is 59.2 Å². The maximum Gasteiger partial charge on any atom is 0.416 e. The number of hydrogen-bond donors (Lipinski definition) is 11. The number of hydrogen-bond acceptors (Lipinski definition) is 15. The number of hydrazone groups is 3. The normalized spacial score (nSPS) is 11.5. The van der Waals surface area contributed by atoms with E-state index in [4.69, 9.17) is 39.8 Å². The predicted molar refractivity (Wildman–Crippen MR) is 353 cm³/mol. The molecule has 0 saturated heterocycles. The van der Waals surface area contributed by atoms with Crippen LogP contribution in [0, 0.1) is 20.8 Å². The third kappa shape index (κ3) is 17.6. The van der Waals surface area contributed by atoms with Crippen molar-refractivity contribution in [3.05, 3.63) is 201 Å². The first-order valence-electron chi connectivity index (χ1n) is 27.6. The fourth-order valence-electron chi connectivity index (χ4n) is 9.01. The lowest BCUT2D eigenvalue weighted by molar-refractivity contribution is -0.137. The van der Waals surface area contributed by atoms with Crippen molar-refractivity contribution < 1.29 is 63.0 Å². The second-order valence-corrected chi connectivity index (χ2v) is 21.5. The number of carboxylic acid groups (broad SMARTS) is 3. The minimum absolute atomic E-state index is 0.0299. The number of aromatic nitrogens is 6. The van der Waals surface area contributed by atoms with Crippen LogP contribution in [-0.4, -0.2) is 111 Å². The Morgan fingerprint density at radius 2 is 0.806 bits per heavy atom. The minimum atomic E-state index is -4.52. The number of anilines is 2. The summed E-state index contributed by atoms with van der Waals surface area (Å²) in [4.78, 5) is 44.9. The Hall–Kier alpha value is -11.6. The van der Waals surface area contributed by atoms with Crippen LogP contribution in [0.3, 0.4) is 0 Å². The molecule has 3 heterocycles. The molecular formula is C64H61F3N14O10S2. The lowest BCUT2D eigenvalue weighted by Gasteiger charge is -2.09. The van der Waals surface area contributed by atoms with Gasteiger partial charge in [-0.05, 0) is 163 Å². The molecule has 1 amide bonds. The van der Waals surface area contributed by atoms with Crippen molar-refractivity contribution in [1.29, 1.82) is 0 Å². The average molecular weight is 1310 g/mol. The lowest BCUT2D eigenvalue weighted by atomic mass is 10.0. The van der Waals surface area contributed by atoms with Crippen LogP contribution in [0.15, 0.2) is 155 Å². The highest BCUT2D eigenvalue weighted by Gasteiger charge is 2.31. The molecule has 0 fully saturated rings. The van der Waals surface area contributed by atoms with Gasteiger partial charge in [0.15, 0.2) is 44.6 Å². The number of carbonyl (C=O) groups is 4. The number of amides is 1. The number of aromatic hydroxyl groups is 3. The molecule has 0 saturated carbocycles. The second-order valence-electron chi connectivity index (χ2n) is 20.6. The zero-order valence-corrected chi connectivity index (χ0v) is 52.7. The molecule has 0 radical (unpaired) electrons. The predicted octanol–water partition coefficient (Wildman–Crippen LogP) is 11.0. The molecule has 0 aliphatic heterocycles. The first kappa shape index (κ1) is 68.9. The number of thiocarbonyl (C=S) groups is 2. The van der Waals surface area contributed by atoms with Gasteiger partial charge in [0.25, 0.3) is 5.91 Å². The highest BCUT2D eigenvalue weighted by molar-refractivity contribution is 7.80. The van der Waals surface area contributed by atoms with Crippen molar-refractivity contribution in [1.82, 2.24) is 45.6 Å². The second kappa shape index (κ2) is 29.8. The van der Waals surface area contributed by atoms with E-state index in [0.29, 0.717) is 39.9 Å². The Bertz CT molecular complexity index is 4390. The van der Waals surface area contributed by atoms with Crippen LogP contribution in [0.5, 0.6) is 17.2 Å². The van der Waals surface area contributed by atoms with E-state index < -0.39 is 35.6 Å². The van der Waals surface area contributed by atoms with Crippen LogP contribution >= 0.6 is 24.4 Å². The van der Waals surface area contributed by atoms with E-state index in [1.54, 1.807) is 49.4 Å². The van der Waals surface area contributed by atoms with Crippen molar-refractivity contribution in [3.63, 3.8) is 0 Å². The van der Waals surface area contributed by atoms with E-state index in [9.17, 15) is 47.7 Å². The third-order valence-corrected chi connectivity index (χ3v) is 13.9. The number of carbonyl (C=O) groups excluding carboxylic acids is 1. The summed E-state index contributed by atoms with van der Waals surface area (Å²) >= 11 is 10.4. The van der Waals surface area contributed by atoms with Crippen LogP contribution in [0.2, 0.25) is 0 Å². The highest BCUT2D eigenvalue weighted by atomic mass is 32.1. The van der Waals surface area contributed by atoms with E-state index in [0.717, 1.165) is 39.9 Å². The molecule has 0 aliphatic rings. The maximum atomic E-state index is 13.0. The summed E-state index contributed by atoms with van der Waals surface area (Å²) in [7, 11) is 4.98. The quantitative estimate of drug-likeness (QED) is 0.0258. The monoisotopic (exact) mass is 1310 g/mol. The first-order chi connectivity index (χ1) is 43.9. The van der Waals surface area contributed by atoms with Gasteiger partial charge in [0, 0.05) is 54.8 Å². The number of alkyl halides is 3. The van der Waals surface area contributed by atoms with Gasteiger partial charge < -0.3 is 41.3 Å². The smallest absolute Gasteiger partial charge is 0.416 e. The van der Waals surface area contributed by atoms with Crippen molar-refractivity contribution in [2.45, 2.75) is 47.7 Å². The largest absolute Gasteiger partial charge is 0.504 e. The standard InChI is InChI=1S/C22H23N5O3S.C21H18F3N5O3S.C21H20N4O4/c1-12-9-13(2)11-16(10-12)19-20(28)18(26-27(19)4)14(3)24-25-22(31)23-17-7-5-15(6-8-17)21(29)30;1-11(26-27-20(33)25-15-8-6-12(7-9-15)19(31)32)16-18(30)17(29(2)28-16)13-4-3-5-14(10-13)21(22,23)24;1-12-4-6-14(7-5-12)18-19(26)17(24-25(18)3)13(2)22-23-20(27)15-8-10-16(11-9-15)21(28)29/h5-11,28H,1-4H3,(H,29,30)(H2,23,25,31);3-10,30H,1-2H3,(H,31,32)(H2,25,27,33);4-11,26H,1-3H3,(H,23,27)(H,28,29)/b24-14+;26-11+;22-13+. The van der Waals surface area contributed by atoms with Gasteiger partial charge in [-0.3, -0.25) is 29.7 Å². The van der Waals surface area contributed by atoms with Gasteiger partial charge in [0.05, 0.1) is 39.4 Å². The molecule has 480 valence electrons. The molecule has 0 atom stereocenters. The molecular weight excluding hydrogens is 1250 g/mol. The summed E-state index contributed by atoms with van der Waals surface area (Å²) in [5.41, 5.74) is 16.7. The van der Waals surface area contributed by atoms with Crippen LogP contribution in [0.1, 0.15) is 102 Å². The summed E-state index contributed by atoms with van der Waals surface area (Å²) in [5.74, 6) is -3.94. The number of aryl methyl sites for hydroxylation is 6. The zero-order valence-electron chi connectivity index (χ0n) is 51.1. The number of rotatable bonds is 15. The van der Waals surface area contributed by atoms with E-state index in [-0.39, 0.29) is 78.1 Å². The summed E-state index contributed by atoms with van der Waals surface area (Å²) in [5, 5.41) is 90.0. The van der Waals surface area contributed by atoms with Crippen molar-refractivity contribution in [2.75, 3.05) is 10.6 Å². The van der Waals surface area contributed by atoms with E-state index in [2.05, 4.69) is 63.6 Å². The molecule has 29 heteroatoms. The number of carboxylic acids is 3. The summed E-state index contributed by atoms with van der Waals surface area (Å²) in [6.07, 6.45) is -4.52. The molecule has 93 heavy (non-hydrogen) atoms. The molecule has 24 nitrogen and oxygen atoms in total. The molecule has 9 rings (SSSR count). The Morgan fingerprint density at radius 1 is 0.452 bits per heavy atom. The number of nitrogens with one attached hydrogen (secondary N) is 5. The van der Waals surface area contributed by atoms with Gasteiger partial charge in [0.2, 0.25) is 0 Å². The third-order valence-electron chi connectivity index (χ3n) is 13.5. The van der Waals surface area contributed by atoms with E-state index in [1.807, 2.05) is 57.2 Å². The topological polar surface area (TPSA) is 340 Å². The Morgan fingerprint density at radius 3 is 1.19 bits per heavy atom. The maximum absolute atomic E-state index is 13.0. The van der Waals surface area contributed by atoms with Gasteiger partial charge in [-0.2, -0.15) is 43.8 Å². The number of aromatic carboxylic acids is 3. The molecule has 0 spiro atoms. The Kier molecular flexibility index (Phi) is 22.1. The lowest BCUT2D eigenvalue weighted by Crippen LogP contribution is -2.25. The van der Waals surface area contributed by atoms with Crippen LogP contribution in [0.4, 0.5) is 24.5 Å². The van der Waals surface area contributed by atoms with Crippen LogP contribution < -0.4 is 26.9 Å².